The third kappa shape index (κ3) is 5.84. The molecule has 0 radical (unpaired) electrons. The Morgan fingerprint density at radius 1 is 0.903 bits per heavy atom. The highest BCUT2D eigenvalue weighted by molar-refractivity contribution is 7.89. The Kier molecular flexibility index (Phi) is 7.28. The Balaban J connectivity index is 1.88. The van der Waals surface area contributed by atoms with E-state index in [-0.39, 0.29) is 11.3 Å². The van der Waals surface area contributed by atoms with E-state index in [1.54, 1.807) is 36.4 Å². The molecule has 1 atom stereocenters. The Morgan fingerprint density at radius 3 is 2.16 bits per heavy atom. The van der Waals surface area contributed by atoms with Crippen molar-refractivity contribution in [3.63, 3.8) is 0 Å². The number of methoxy groups -OCH3 is 2. The van der Waals surface area contributed by atoms with Gasteiger partial charge in [-0.05, 0) is 36.2 Å². The van der Waals surface area contributed by atoms with Crippen LogP contribution < -0.4 is 19.5 Å². The number of hydrogen-bond donors (Lipinski definition) is 2. The second-order valence-corrected chi connectivity index (χ2v) is 8.45. The highest BCUT2D eigenvalue weighted by Crippen LogP contribution is 2.29. The molecule has 3 aromatic rings. The van der Waals surface area contributed by atoms with E-state index in [0.717, 1.165) is 5.56 Å². The van der Waals surface area contributed by atoms with E-state index in [4.69, 9.17) is 9.47 Å². The lowest BCUT2D eigenvalue weighted by Crippen LogP contribution is -2.45. The predicted molar refractivity (Wildman–Crippen MR) is 119 cm³/mol. The smallest absolute Gasteiger partial charge is 0.243 e. The van der Waals surface area contributed by atoms with Crippen LogP contribution >= 0.6 is 0 Å². The molecule has 0 fully saturated rings. The molecule has 0 aliphatic rings. The summed E-state index contributed by atoms with van der Waals surface area (Å²) in [4.78, 5) is 13.2. The van der Waals surface area contributed by atoms with Crippen LogP contribution in [0.15, 0.2) is 83.8 Å². The van der Waals surface area contributed by atoms with Gasteiger partial charge in [0.2, 0.25) is 15.9 Å². The first kappa shape index (κ1) is 22.3. The third-order valence-electron chi connectivity index (χ3n) is 4.62. The standard InChI is InChI=1S/C23H24N2O5S/c1-29-18-13-14-20(22(16-18)30-2)24-23(26)21(15-17-9-5-3-6-10-17)25-31(27,28)19-11-7-4-8-12-19/h3-14,16,21,25H,15H2,1-2H3,(H,24,26)/t21-/m1/s1. The SMILES string of the molecule is COc1ccc(NC(=O)[C@@H](Cc2ccccc2)NS(=O)(=O)c2ccccc2)c(OC)c1. The molecule has 0 saturated carbocycles. The van der Waals surface area contributed by atoms with Gasteiger partial charge in [0, 0.05) is 6.07 Å². The van der Waals surface area contributed by atoms with Crippen LogP contribution in [0, 0.1) is 0 Å². The monoisotopic (exact) mass is 440 g/mol. The van der Waals surface area contributed by atoms with Crippen molar-refractivity contribution in [3.05, 3.63) is 84.4 Å². The molecular formula is C23H24N2O5S. The summed E-state index contributed by atoms with van der Waals surface area (Å²) in [6, 6.07) is 21.1. The lowest BCUT2D eigenvalue weighted by atomic mass is 10.1. The Hall–Kier alpha value is -3.36. The average Bonchev–Trinajstić information content (AvgIpc) is 2.80. The van der Waals surface area contributed by atoms with Crippen molar-refractivity contribution in [1.29, 1.82) is 0 Å². The zero-order valence-electron chi connectivity index (χ0n) is 17.2. The maximum Gasteiger partial charge on any atom is 0.243 e. The number of hydrogen-bond acceptors (Lipinski definition) is 5. The van der Waals surface area contributed by atoms with E-state index in [1.165, 1.54) is 26.4 Å². The van der Waals surface area contributed by atoms with E-state index in [9.17, 15) is 13.2 Å². The van der Waals surface area contributed by atoms with Gasteiger partial charge in [-0.25, -0.2) is 8.42 Å². The summed E-state index contributed by atoms with van der Waals surface area (Å²) in [6.07, 6.45) is 0.178. The minimum absolute atomic E-state index is 0.0860. The Bertz CT molecular complexity index is 1120. The highest BCUT2D eigenvalue weighted by Gasteiger charge is 2.26. The lowest BCUT2D eigenvalue weighted by Gasteiger charge is -2.20. The first-order valence-corrected chi connectivity index (χ1v) is 11.1. The number of carbonyl (C=O) groups excluding carboxylic acids is 1. The molecule has 0 spiro atoms. The molecule has 0 aliphatic heterocycles. The molecule has 3 aromatic carbocycles. The molecule has 0 unspecified atom stereocenters. The number of ether oxygens (including phenoxy) is 2. The topological polar surface area (TPSA) is 93.7 Å². The number of benzene rings is 3. The molecule has 0 heterocycles. The van der Waals surface area contributed by atoms with Crippen molar-refractivity contribution in [2.45, 2.75) is 17.4 Å². The maximum atomic E-state index is 13.1. The Labute approximate surface area is 182 Å². The summed E-state index contributed by atoms with van der Waals surface area (Å²) in [5.41, 5.74) is 1.23. The molecule has 162 valence electrons. The second kappa shape index (κ2) is 10.1. The molecule has 2 N–H and O–H groups in total. The molecule has 8 heteroatoms. The minimum atomic E-state index is -3.91. The third-order valence-corrected chi connectivity index (χ3v) is 6.10. The summed E-state index contributed by atoms with van der Waals surface area (Å²) >= 11 is 0. The molecule has 31 heavy (non-hydrogen) atoms. The zero-order valence-corrected chi connectivity index (χ0v) is 18.1. The van der Waals surface area contributed by atoms with Crippen LogP contribution in [0.3, 0.4) is 0 Å². The quantitative estimate of drug-likeness (QED) is 0.533. The molecule has 0 aromatic heterocycles. The summed E-state index contributed by atoms with van der Waals surface area (Å²) < 4.78 is 38.8. The molecule has 7 nitrogen and oxygen atoms in total. The molecule has 1 amide bonds. The summed E-state index contributed by atoms with van der Waals surface area (Å²) in [5.74, 6) is 0.462. The maximum absolute atomic E-state index is 13.1. The van der Waals surface area contributed by atoms with Crippen LogP contribution in [0.2, 0.25) is 0 Å². The summed E-state index contributed by atoms with van der Waals surface area (Å²) in [7, 11) is -0.900. The van der Waals surface area contributed by atoms with E-state index >= 15 is 0 Å². The van der Waals surface area contributed by atoms with Gasteiger partial charge in [0.15, 0.2) is 0 Å². The van der Waals surface area contributed by atoms with Crippen molar-refractivity contribution < 1.29 is 22.7 Å². The fourth-order valence-corrected chi connectivity index (χ4v) is 4.23. The molecule has 0 bridgehead atoms. The van der Waals surface area contributed by atoms with Crippen LogP contribution in [-0.2, 0) is 21.2 Å². The van der Waals surface area contributed by atoms with Crippen molar-refractivity contribution in [2.24, 2.45) is 0 Å². The number of rotatable bonds is 9. The number of anilines is 1. The van der Waals surface area contributed by atoms with E-state index in [1.807, 2.05) is 30.3 Å². The largest absolute Gasteiger partial charge is 0.497 e. The lowest BCUT2D eigenvalue weighted by molar-refractivity contribution is -0.117. The van der Waals surface area contributed by atoms with Gasteiger partial charge < -0.3 is 14.8 Å². The van der Waals surface area contributed by atoms with Crippen molar-refractivity contribution in [3.8, 4) is 11.5 Å². The molecule has 0 saturated heterocycles. The van der Waals surface area contributed by atoms with Gasteiger partial charge in [-0.15, -0.1) is 0 Å². The second-order valence-electron chi connectivity index (χ2n) is 6.73. The van der Waals surface area contributed by atoms with Crippen molar-refractivity contribution in [1.82, 2.24) is 4.72 Å². The summed E-state index contributed by atoms with van der Waals surface area (Å²) in [5, 5.41) is 2.76. The average molecular weight is 441 g/mol. The van der Waals surface area contributed by atoms with Gasteiger partial charge in [-0.1, -0.05) is 48.5 Å². The number of carbonyl (C=O) groups is 1. The Morgan fingerprint density at radius 2 is 1.55 bits per heavy atom. The highest BCUT2D eigenvalue weighted by atomic mass is 32.2. The number of amides is 1. The van der Waals surface area contributed by atoms with Crippen LogP contribution in [0.1, 0.15) is 5.56 Å². The van der Waals surface area contributed by atoms with Crippen molar-refractivity contribution in [2.75, 3.05) is 19.5 Å². The van der Waals surface area contributed by atoms with Gasteiger partial charge in [0.05, 0.1) is 24.8 Å². The molecule has 0 aliphatic carbocycles. The van der Waals surface area contributed by atoms with Crippen LogP contribution in [0.25, 0.3) is 0 Å². The van der Waals surface area contributed by atoms with E-state index in [2.05, 4.69) is 10.0 Å². The van der Waals surface area contributed by atoms with Gasteiger partial charge >= 0.3 is 0 Å². The van der Waals surface area contributed by atoms with Gasteiger partial charge in [0.25, 0.3) is 0 Å². The minimum Gasteiger partial charge on any atom is -0.497 e. The van der Waals surface area contributed by atoms with Crippen LogP contribution in [0.4, 0.5) is 5.69 Å². The number of sulfonamides is 1. The van der Waals surface area contributed by atoms with E-state index < -0.39 is 22.0 Å². The van der Waals surface area contributed by atoms with Crippen molar-refractivity contribution >= 4 is 21.6 Å². The first-order chi connectivity index (χ1) is 14.9. The number of nitrogens with one attached hydrogen (secondary N) is 2. The van der Waals surface area contributed by atoms with Gasteiger partial charge in [0.1, 0.15) is 17.5 Å². The van der Waals surface area contributed by atoms with Crippen LogP contribution in [0.5, 0.6) is 11.5 Å². The first-order valence-electron chi connectivity index (χ1n) is 9.57. The van der Waals surface area contributed by atoms with E-state index in [0.29, 0.717) is 17.2 Å². The normalized spacial score (nSPS) is 12.1. The predicted octanol–water partition coefficient (Wildman–Crippen LogP) is 3.23. The molecular weight excluding hydrogens is 416 g/mol. The summed E-state index contributed by atoms with van der Waals surface area (Å²) in [6.45, 7) is 0. The van der Waals surface area contributed by atoms with Gasteiger partial charge in [-0.2, -0.15) is 4.72 Å². The molecule has 3 rings (SSSR count). The van der Waals surface area contributed by atoms with Crippen LogP contribution in [-0.4, -0.2) is 34.6 Å². The zero-order chi connectivity index (χ0) is 22.3. The fourth-order valence-electron chi connectivity index (χ4n) is 3.01. The van der Waals surface area contributed by atoms with Gasteiger partial charge in [-0.3, -0.25) is 4.79 Å². The fraction of sp³-hybridized carbons (Fsp3) is 0.174.